The average Bonchev–Trinajstić information content (AvgIpc) is 2.92. The van der Waals surface area contributed by atoms with Crippen LogP contribution in [0.2, 0.25) is 0 Å². The zero-order valence-electron chi connectivity index (χ0n) is 11.2. The van der Waals surface area contributed by atoms with Crippen LogP contribution in [0.15, 0.2) is 18.5 Å². The lowest BCUT2D eigenvalue weighted by Gasteiger charge is -2.12. The van der Waals surface area contributed by atoms with Crippen LogP contribution >= 0.6 is 0 Å². The van der Waals surface area contributed by atoms with Crippen LogP contribution in [0.1, 0.15) is 36.7 Å². The number of imidazole rings is 1. The number of aliphatic hydroxyl groups excluding tert-OH is 1. The van der Waals surface area contributed by atoms with Crippen LogP contribution in [0.4, 0.5) is 0 Å². The van der Waals surface area contributed by atoms with E-state index in [1.165, 1.54) is 0 Å². The minimum absolute atomic E-state index is 0.483. The summed E-state index contributed by atoms with van der Waals surface area (Å²) in [6.45, 7) is 4.76. The van der Waals surface area contributed by atoms with Gasteiger partial charge in [-0.15, -0.1) is 0 Å². The number of nitrogens with zero attached hydrogens (tertiary/aromatic N) is 4. The van der Waals surface area contributed by atoms with Gasteiger partial charge < -0.3 is 9.67 Å². The third-order valence-corrected chi connectivity index (χ3v) is 3.14. The summed E-state index contributed by atoms with van der Waals surface area (Å²) in [6.07, 6.45) is 4.64. The summed E-state index contributed by atoms with van der Waals surface area (Å²) in [5.74, 6) is 0.994. The molecule has 0 aliphatic heterocycles. The van der Waals surface area contributed by atoms with Crippen molar-refractivity contribution in [2.24, 2.45) is 7.05 Å². The first-order valence-corrected chi connectivity index (χ1v) is 6.30. The standard InChI is InChI=1S/C13H20N4O/c1-4-17-11(9-10(2)15-17)12(18)5-6-13-14-7-8-16(13)3/h7-9,12,18H,4-6H2,1-3H3. The van der Waals surface area contributed by atoms with E-state index in [1.807, 2.05) is 42.4 Å². The highest BCUT2D eigenvalue weighted by Gasteiger charge is 2.14. The van der Waals surface area contributed by atoms with Gasteiger partial charge >= 0.3 is 0 Å². The molecule has 5 heteroatoms. The van der Waals surface area contributed by atoms with E-state index in [0.29, 0.717) is 6.42 Å². The van der Waals surface area contributed by atoms with Gasteiger partial charge in [-0.05, 0) is 26.3 Å². The maximum absolute atomic E-state index is 10.2. The molecule has 98 valence electrons. The number of aromatic nitrogens is 4. The topological polar surface area (TPSA) is 55.9 Å². The highest BCUT2D eigenvalue weighted by molar-refractivity contribution is 5.12. The van der Waals surface area contributed by atoms with Crippen molar-refractivity contribution < 1.29 is 5.11 Å². The molecular formula is C13H20N4O. The highest BCUT2D eigenvalue weighted by atomic mass is 16.3. The summed E-state index contributed by atoms with van der Waals surface area (Å²) >= 11 is 0. The van der Waals surface area contributed by atoms with Crippen molar-refractivity contribution >= 4 is 0 Å². The van der Waals surface area contributed by atoms with Gasteiger partial charge in [0.1, 0.15) is 5.82 Å². The summed E-state index contributed by atoms with van der Waals surface area (Å²) in [6, 6.07) is 1.95. The Hall–Kier alpha value is -1.62. The number of hydrogen-bond donors (Lipinski definition) is 1. The zero-order chi connectivity index (χ0) is 13.1. The molecule has 1 unspecified atom stereocenters. The smallest absolute Gasteiger partial charge is 0.108 e. The molecule has 0 aliphatic rings. The molecule has 0 aromatic carbocycles. The maximum Gasteiger partial charge on any atom is 0.108 e. The number of aryl methyl sites for hydroxylation is 4. The highest BCUT2D eigenvalue weighted by Crippen LogP contribution is 2.19. The Bertz CT molecular complexity index is 515. The molecule has 0 saturated heterocycles. The Morgan fingerprint density at radius 1 is 1.44 bits per heavy atom. The summed E-state index contributed by atoms with van der Waals surface area (Å²) in [5, 5.41) is 14.6. The van der Waals surface area contributed by atoms with Crippen molar-refractivity contribution in [3.05, 3.63) is 35.7 Å². The lowest BCUT2D eigenvalue weighted by atomic mass is 10.1. The van der Waals surface area contributed by atoms with E-state index in [1.54, 1.807) is 6.20 Å². The Morgan fingerprint density at radius 3 is 2.83 bits per heavy atom. The molecule has 0 saturated carbocycles. The number of hydrogen-bond acceptors (Lipinski definition) is 3. The Labute approximate surface area is 107 Å². The van der Waals surface area contributed by atoms with Gasteiger partial charge in [0.2, 0.25) is 0 Å². The van der Waals surface area contributed by atoms with E-state index in [-0.39, 0.29) is 0 Å². The van der Waals surface area contributed by atoms with E-state index >= 15 is 0 Å². The molecule has 0 radical (unpaired) electrons. The fourth-order valence-electron chi connectivity index (χ4n) is 2.14. The maximum atomic E-state index is 10.2. The molecule has 5 nitrogen and oxygen atoms in total. The van der Waals surface area contributed by atoms with Crippen molar-refractivity contribution in [2.75, 3.05) is 0 Å². The minimum atomic E-state index is -0.483. The van der Waals surface area contributed by atoms with Gasteiger partial charge in [-0.3, -0.25) is 4.68 Å². The van der Waals surface area contributed by atoms with Crippen molar-refractivity contribution in [3.8, 4) is 0 Å². The Morgan fingerprint density at radius 2 is 2.22 bits per heavy atom. The lowest BCUT2D eigenvalue weighted by molar-refractivity contribution is 0.156. The number of aliphatic hydroxyl groups is 1. The van der Waals surface area contributed by atoms with Crippen LogP contribution in [0, 0.1) is 6.92 Å². The largest absolute Gasteiger partial charge is 0.387 e. The first-order chi connectivity index (χ1) is 8.61. The van der Waals surface area contributed by atoms with Crippen molar-refractivity contribution in [2.45, 2.75) is 39.3 Å². The van der Waals surface area contributed by atoms with Gasteiger partial charge in [0, 0.05) is 32.4 Å². The fraction of sp³-hybridized carbons (Fsp3) is 0.538. The van der Waals surface area contributed by atoms with Gasteiger partial charge in [-0.25, -0.2) is 4.98 Å². The van der Waals surface area contributed by atoms with Gasteiger partial charge in [-0.2, -0.15) is 5.10 Å². The first kappa shape index (κ1) is 12.8. The summed E-state index contributed by atoms with van der Waals surface area (Å²) in [4.78, 5) is 4.26. The molecule has 0 spiro atoms. The molecule has 2 aromatic rings. The van der Waals surface area contributed by atoms with Crippen LogP contribution in [0.3, 0.4) is 0 Å². The molecule has 2 heterocycles. The quantitative estimate of drug-likeness (QED) is 0.874. The Balaban J connectivity index is 2.03. The van der Waals surface area contributed by atoms with Crippen molar-refractivity contribution in [1.29, 1.82) is 0 Å². The van der Waals surface area contributed by atoms with Crippen LogP contribution in [-0.4, -0.2) is 24.4 Å². The van der Waals surface area contributed by atoms with Crippen LogP contribution in [0.25, 0.3) is 0 Å². The first-order valence-electron chi connectivity index (χ1n) is 6.30. The molecule has 1 atom stereocenters. The number of rotatable bonds is 5. The molecule has 2 rings (SSSR count). The Kier molecular flexibility index (Phi) is 3.81. The second-order valence-electron chi connectivity index (χ2n) is 4.54. The van der Waals surface area contributed by atoms with Crippen LogP contribution in [-0.2, 0) is 20.0 Å². The SMILES string of the molecule is CCn1nc(C)cc1C(O)CCc1nccn1C. The van der Waals surface area contributed by atoms with Gasteiger partial charge in [0.05, 0.1) is 17.5 Å². The average molecular weight is 248 g/mol. The predicted octanol–water partition coefficient (Wildman–Crippen LogP) is 1.61. The van der Waals surface area contributed by atoms with Gasteiger partial charge in [0.15, 0.2) is 0 Å². The minimum Gasteiger partial charge on any atom is -0.387 e. The summed E-state index contributed by atoms with van der Waals surface area (Å²) in [7, 11) is 1.97. The monoisotopic (exact) mass is 248 g/mol. The second kappa shape index (κ2) is 5.35. The molecule has 2 aromatic heterocycles. The molecule has 0 bridgehead atoms. The fourth-order valence-corrected chi connectivity index (χ4v) is 2.14. The second-order valence-corrected chi connectivity index (χ2v) is 4.54. The lowest BCUT2D eigenvalue weighted by Crippen LogP contribution is -2.10. The summed E-state index contributed by atoms with van der Waals surface area (Å²) in [5.41, 5.74) is 1.84. The molecule has 0 amide bonds. The molecule has 18 heavy (non-hydrogen) atoms. The van der Waals surface area contributed by atoms with E-state index in [0.717, 1.165) is 30.2 Å². The molecule has 0 fully saturated rings. The molecule has 1 N–H and O–H groups in total. The van der Waals surface area contributed by atoms with Crippen LogP contribution < -0.4 is 0 Å². The predicted molar refractivity (Wildman–Crippen MR) is 69.1 cm³/mol. The summed E-state index contributed by atoms with van der Waals surface area (Å²) < 4.78 is 3.84. The van der Waals surface area contributed by atoms with E-state index in [9.17, 15) is 5.11 Å². The third-order valence-electron chi connectivity index (χ3n) is 3.14. The normalized spacial score (nSPS) is 12.9. The zero-order valence-corrected chi connectivity index (χ0v) is 11.2. The van der Waals surface area contributed by atoms with Gasteiger partial charge in [-0.1, -0.05) is 0 Å². The van der Waals surface area contributed by atoms with Crippen molar-refractivity contribution in [1.82, 2.24) is 19.3 Å². The molecule has 0 aliphatic carbocycles. The van der Waals surface area contributed by atoms with E-state index in [4.69, 9.17) is 0 Å². The van der Waals surface area contributed by atoms with E-state index in [2.05, 4.69) is 10.1 Å². The van der Waals surface area contributed by atoms with E-state index < -0.39 is 6.10 Å². The molecular weight excluding hydrogens is 228 g/mol. The van der Waals surface area contributed by atoms with Crippen molar-refractivity contribution in [3.63, 3.8) is 0 Å². The van der Waals surface area contributed by atoms with Gasteiger partial charge in [0.25, 0.3) is 0 Å². The van der Waals surface area contributed by atoms with Crippen LogP contribution in [0.5, 0.6) is 0 Å². The third kappa shape index (κ3) is 2.61.